The van der Waals surface area contributed by atoms with Gasteiger partial charge < -0.3 is 9.73 Å². The largest absolute Gasteiger partial charge is 0.441 e. The third-order valence-electron chi connectivity index (χ3n) is 4.25. The van der Waals surface area contributed by atoms with E-state index < -0.39 is 11.6 Å². The minimum Gasteiger partial charge on any atom is -0.441 e. The summed E-state index contributed by atoms with van der Waals surface area (Å²) in [5.74, 6) is -1.49. The lowest BCUT2D eigenvalue weighted by molar-refractivity contribution is -0.121. The summed E-state index contributed by atoms with van der Waals surface area (Å²) in [5.41, 5.74) is 1.15. The number of carbonyl (C=O) groups is 1. The van der Waals surface area contributed by atoms with Crippen molar-refractivity contribution in [1.29, 1.82) is 5.26 Å². The number of nitriles is 1. The second-order valence-electron chi connectivity index (χ2n) is 6.24. The molecule has 3 aromatic rings. The van der Waals surface area contributed by atoms with Crippen LogP contribution in [-0.4, -0.2) is 10.9 Å². The Hall–Kier alpha value is -3.53. The maximum atomic E-state index is 13.8. The zero-order chi connectivity index (χ0) is 20.1. The molecule has 0 aliphatic rings. The fraction of sp³-hybridized carbons (Fsp3) is 0.190. The number of halogens is 2. The number of nitrogens with one attached hydrogen (secondary N) is 1. The van der Waals surface area contributed by atoms with Gasteiger partial charge in [-0.05, 0) is 36.8 Å². The molecule has 1 N–H and O–H groups in total. The number of aryl methyl sites for hydroxylation is 1. The molecule has 0 saturated carbocycles. The first kappa shape index (κ1) is 19.2. The van der Waals surface area contributed by atoms with Gasteiger partial charge >= 0.3 is 0 Å². The van der Waals surface area contributed by atoms with Crippen LogP contribution in [0.1, 0.15) is 36.4 Å². The molecule has 1 aromatic heterocycles. The highest BCUT2D eigenvalue weighted by atomic mass is 19.1. The Morgan fingerprint density at radius 3 is 2.54 bits per heavy atom. The van der Waals surface area contributed by atoms with Gasteiger partial charge in [-0.25, -0.2) is 13.8 Å². The van der Waals surface area contributed by atoms with Crippen LogP contribution in [0.2, 0.25) is 0 Å². The van der Waals surface area contributed by atoms with Crippen LogP contribution in [0.4, 0.5) is 8.78 Å². The fourth-order valence-corrected chi connectivity index (χ4v) is 2.74. The van der Waals surface area contributed by atoms with E-state index in [4.69, 9.17) is 9.68 Å². The first-order chi connectivity index (χ1) is 13.5. The maximum Gasteiger partial charge on any atom is 0.220 e. The van der Waals surface area contributed by atoms with E-state index in [-0.39, 0.29) is 42.0 Å². The molecule has 7 heteroatoms. The Morgan fingerprint density at radius 2 is 1.89 bits per heavy atom. The molecule has 0 unspecified atom stereocenters. The summed E-state index contributed by atoms with van der Waals surface area (Å²) >= 11 is 0. The summed E-state index contributed by atoms with van der Waals surface area (Å²) in [6, 6.07) is 12.3. The van der Waals surface area contributed by atoms with Crippen molar-refractivity contribution in [2.24, 2.45) is 0 Å². The summed E-state index contributed by atoms with van der Waals surface area (Å²) < 4.78 is 33.0. The summed E-state index contributed by atoms with van der Waals surface area (Å²) in [6.45, 7) is 1.84. The summed E-state index contributed by atoms with van der Waals surface area (Å²) in [7, 11) is 0. The summed E-state index contributed by atoms with van der Waals surface area (Å²) in [6.07, 6.45) is 1.55. The molecule has 0 radical (unpaired) electrons. The van der Waals surface area contributed by atoms with Crippen LogP contribution < -0.4 is 5.32 Å². The number of hydrogen-bond acceptors (Lipinski definition) is 4. The second kappa shape index (κ2) is 8.44. The van der Waals surface area contributed by atoms with E-state index in [2.05, 4.69) is 10.3 Å². The van der Waals surface area contributed by atoms with Crippen LogP contribution in [0.5, 0.6) is 0 Å². The fourth-order valence-electron chi connectivity index (χ4n) is 2.74. The maximum absolute atomic E-state index is 13.8. The average molecular weight is 381 g/mol. The number of hydrogen-bond donors (Lipinski definition) is 1. The van der Waals surface area contributed by atoms with Crippen molar-refractivity contribution in [2.75, 3.05) is 0 Å². The van der Waals surface area contributed by atoms with Crippen LogP contribution in [-0.2, 0) is 11.2 Å². The average Bonchev–Trinajstić information content (AvgIpc) is 3.15. The van der Waals surface area contributed by atoms with Crippen molar-refractivity contribution in [3.63, 3.8) is 0 Å². The number of amides is 1. The zero-order valence-corrected chi connectivity index (χ0v) is 15.1. The van der Waals surface area contributed by atoms with E-state index in [9.17, 15) is 13.6 Å². The van der Waals surface area contributed by atoms with E-state index in [0.29, 0.717) is 5.56 Å². The molecule has 28 heavy (non-hydrogen) atoms. The molecular weight excluding hydrogens is 364 g/mol. The highest BCUT2D eigenvalue weighted by Gasteiger charge is 2.17. The zero-order valence-electron chi connectivity index (χ0n) is 15.1. The van der Waals surface area contributed by atoms with Gasteiger partial charge in [-0.2, -0.15) is 5.26 Å². The van der Waals surface area contributed by atoms with Crippen molar-refractivity contribution in [1.82, 2.24) is 10.3 Å². The predicted octanol–water partition coefficient (Wildman–Crippen LogP) is 4.30. The first-order valence-corrected chi connectivity index (χ1v) is 8.66. The van der Waals surface area contributed by atoms with Crippen LogP contribution in [0, 0.1) is 23.0 Å². The molecule has 3 rings (SSSR count). The minimum absolute atomic E-state index is 0.0167. The third-order valence-corrected chi connectivity index (χ3v) is 4.25. The van der Waals surface area contributed by atoms with Crippen LogP contribution >= 0.6 is 0 Å². The van der Waals surface area contributed by atoms with Crippen molar-refractivity contribution < 1.29 is 18.0 Å². The molecule has 0 aliphatic heterocycles. The van der Waals surface area contributed by atoms with Gasteiger partial charge in [0.15, 0.2) is 11.7 Å². The number of rotatable bonds is 6. The van der Waals surface area contributed by atoms with Crippen LogP contribution in [0.25, 0.3) is 11.3 Å². The Morgan fingerprint density at radius 1 is 1.21 bits per heavy atom. The number of oxazole rings is 1. The molecular formula is C21H17F2N3O2. The Kier molecular flexibility index (Phi) is 5.80. The number of nitrogens with zero attached hydrogens (tertiary/aromatic N) is 2. The number of carbonyl (C=O) groups excluding carboxylic acids is 1. The molecule has 0 fully saturated rings. The van der Waals surface area contributed by atoms with E-state index >= 15 is 0 Å². The lowest BCUT2D eigenvalue weighted by atomic mass is 10.1. The van der Waals surface area contributed by atoms with Crippen LogP contribution in [0.15, 0.2) is 53.1 Å². The molecule has 142 valence electrons. The molecule has 0 spiro atoms. The molecule has 1 heterocycles. The lowest BCUT2D eigenvalue weighted by Crippen LogP contribution is -2.26. The molecule has 1 atom stereocenters. The topological polar surface area (TPSA) is 78.9 Å². The Bertz CT molecular complexity index is 1000. The summed E-state index contributed by atoms with van der Waals surface area (Å²) in [5, 5.41) is 11.7. The van der Waals surface area contributed by atoms with E-state index in [0.717, 1.165) is 17.7 Å². The Balaban J connectivity index is 1.58. The predicted molar refractivity (Wildman–Crippen MR) is 97.9 cm³/mol. The van der Waals surface area contributed by atoms with Gasteiger partial charge in [-0.1, -0.05) is 18.2 Å². The molecule has 0 aliphatic carbocycles. The second-order valence-corrected chi connectivity index (χ2v) is 6.24. The normalized spacial score (nSPS) is 11.6. The molecule has 5 nitrogen and oxygen atoms in total. The van der Waals surface area contributed by atoms with Gasteiger partial charge in [0.1, 0.15) is 11.6 Å². The highest BCUT2D eigenvalue weighted by molar-refractivity contribution is 5.76. The van der Waals surface area contributed by atoms with Crippen molar-refractivity contribution in [3.05, 3.63) is 77.3 Å². The Labute approximate surface area is 160 Å². The minimum atomic E-state index is -0.739. The van der Waals surface area contributed by atoms with Crippen molar-refractivity contribution in [3.8, 4) is 17.4 Å². The monoisotopic (exact) mass is 381 g/mol. The van der Waals surface area contributed by atoms with E-state index in [1.807, 2.05) is 13.0 Å². The van der Waals surface area contributed by atoms with Crippen LogP contribution in [0.3, 0.4) is 0 Å². The number of benzene rings is 2. The van der Waals surface area contributed by atoms with E-state index in [1.54, 1.807) is 24.3 Å². The van der Waals surface area contributed by atoms with Crippen molar-refractivity contribution >= 4 is 5.91 Å². The van der Waals surface area contributed by atoms with Gasteiger partial charge in [0.25, 0.3) is 0 Å². The van der Waals surface area contributed by atoms with Gasteiger partial charge in [-0.3, -0.25) is 4.79 Å². The number of aromatic nitrogens is 1. The SMILES string of the molecule is C[C@H](NC(=O)CCc1ncc(-c2c(F)cccc2F)o1)c1ccc(C#N)cc1. The lowest BCUT2D eigenvalue weighted by Gasteiger charge is -2.14. The highest BCUT2D eigenvalue weighted by Crippen LogP contribution is 2.26. The van der Waals surface area contributed by atoms with Gasteiger partial charge in [-0.15, -0.1) is 0 Å². The third kappa shape index (κ3) is 4.41. The van der Waals surface area contributed by atoms with E-state index in [1.165, 1.54) is 12.3 Å². The van der Waals surface area contributed by atoms with Crippen molar-refractivity contribution in [2.45, 2.75) is 25.8 Å². The summed E-state index contributed by atoms with van der Waals surface area (Å²) in [4.78, 5) is 16.1. The molecule has 0 saturated heterocycles. The van der Waals surface area contributed by atoms with Gasteiger partial charge in [0.05, 0.1) is 29.4 Å². The standard InChI is InChI=1S/C21H17F2N3O2/c1-13(15-7-5-14(11-24)6-8-15)26-19(27)9-10-20-25-12-18(28-20)21-16(22)3-2-4-17(21)23/h2-8,12-13H,9-10H2,1H3,(H,26,27)/t13-/m0/s1. The quantitative estimate of drug-likeness (QED) is 0.690. The van der Waals surface area contributed by atoms with Gasteiger partial charge in [0.2, 0.25) is 5.91 Å². The first-order valence-electron chi connectivity index (χ1n) is 8.66. The molecule has 2 aromatic carbocycles. The molecule has 0 bridgehead atoms. The smallest absolute Gasteiger partial charge is 0.220 e. The van der Waals surface area contributed by atoms with Gasteiger partial charge in [0, 0.05) is 12.8 Å². The molecule has 1 amide bonds.